The van der Waals surface area contributed by atoms with Gasteiger partial charge in [0.1, 0.15) is 11.6 Å². The summed E-state index contributed by atoms with van der Waals surface area (Å²) in [5.74, 6) is -1.02. The fraction of sp³-hybridized carbons (Fsp3) is 0.300. The molecule has 2 rings (SSSR count). The molecule has 0 atom stereocenters. The van der Waals surface area contributed by atoms with Crippen LogP contribution in [0.3, 0.4) is 0 Å². The smallest absolute Gasteiger partial charge is 0.350 e. The molecule has 0 aliphatic carbocycles. The zero-order chi connectivity index (χ0) is 19.9. The molecule has 0 saturated heterocycles. The van der Waals surface area contributed by atoms with E-state index in [9.17, 15) is 14.0 Å². The third-order valence-electron chi connectivity index (χ3n) is 3.69. The molecule has 0 aliphatic rings. The van der Waals surface area contributed by atoms with Gasteiger partial charge in [-0.05, 0) is 56.2 Å². The maximum absolute atomic E-state index is 13.5. The lowest BCUT2D eigenvalue weighted by Gasteiger charge is -2.24. The van der Waals surface area contributed by atoms with E-state index in [1.807, 2.05) is 0 Å². The first-order chi connectivity index (χ1) is 12.8. The maximum Gasteiger partial charge on any atom is 0.350 e. The molecule has 5 nitrogen and oxygen atoms in total. The average molecular weight is 394 g/mol. The second-order valence-electron chi connectivity index (χ2n) is 6.33. The van der Waals surface area contributed by atoms with Gasteiger partial charge < -0.3 is 14.8 Å². The van der Waals surface area contributed by atoms with E-state index in [4.69, 9.17) is 21.1 Å². The summed E-state index contributed by atoms with van der Waals surface area (Å²) in [6, 6.07) is 12.9. The van der Waals surface area contributed by atoms with Crippen molar-refractivity contribution in [2.45, 2.75) is 25.9 Å². The summed E-state index contributed by atoms with van der Waals surface area (Å²) in [6.45, 7) is 2.88. The monoisotopic (exact) mass is 393 g/mol. The van der Waals surface area contributed by atoms with Gasteiger partial charge in [-0.2, -0.15) is 0 Å². The van der Waals surface area contributed by atoms with E-state index >= 15 is 0 Å². The topological polar surface area (TPSA) is 64.6 Å². The van der Waals surface area contributed by atoms with Gasteiger partial charge in [0.25, 0.3) is 5.91 Å². The molecule has 0 heterocycles. The minimum atomic E-state index is -1.28. The second-order valence-corrected chi connectivity index (χ2v) is 6.77. The highest BCUT2D eigenvalue weighted by molar-refractivity contribution is 6.30. The van der Waals surface area contributed by atoms with Crippen molar-refractivity contribution in [1.29, 1.82) is 0 Å². The van der Waals surface area contributed by atoms with Gasteiger partial charge in [0.05, 0.1) is 0 Å². The Balaban J connectivity index is 1.75. The fourth-order valence-electron chi connectivity index (χ4n) is 2.23. The fourth-order valence-corrected chi connectivity index (χ4v) is 2.36. The first kappa shape index (κ1) is 20.7. The zero-order valence-electron chi connectivity index (χ0n) is 15.1. The van der Waals surface area contributed by atoms with Gasteiger partial charge in [0.15, 0.2) is 12.2 Å². The first-order valence-electron chi connectivity index (χ1n) is 8.40. The number of nitrogens with one attached hydrogen (secondary N) is 1. The molecule has 0 radical (unpaired) electrons. The van der Waals surface area contributed by atoms with E-state index in [1.165, 1.54) is 6.07 Å². The lowest BCUT2D eigenvalue weighted by Crippen LogP contribution is -2.41. The maximum atomic E-state index is 13.5. The Morgan fingerprint density at radius 2 is 1.78 bits per heavy atom. The van der Waals surface area contributed by atoms with Gasteiger partial charge in [-0.15, -0.1) is 0 Å². The molecule has 0 bridgehead atoms. The molecule has 1 N–H and O–H groups in total. The van der Waals surface area contributed by atoms with Crippen molar-refractivity contribution in [2.24, 2.45) is 0 Å². The van der Waals surface area contributed by atoms with Crippen molar-refractivity contribution in [2.75, 3.05) is 13.2 Å². The summed E-state index contributed by atoms with van der Waals surface area (Å²) in [6.07, 6.45) is 0.345. The van der Waals surface area contributed by atoms with Gasteiger partial charge in [-0.1, -0.05) is 29.8 Å². The van der Waals surface area contributed by atoms with Crippen molar-refractivity contribution in [3.05, 3.63) is 64.9 Å². The van der Waals surface area contributed by atoms with E-state index < -0.39 is 24.1 Å². The number of halogens is 2. The molecule has 0 spiro atoms. The van der Waals surface area contributed by atoms with Crippen LogP contribution < -0.4 is 10.1 Å². The van der Waals surface area contributed by atoms with E-state index in [0.29, 0.717) is 22.8 Å². The standard InChI is InChI=1S/C20H21ClFNO4/c1-20(2,27-16-9-7-15(21)8-10-16)19(25)26-13-18(24)23-12-11-14-5-3-4-6-17(14)22/h3-10H,11-13H2,1-2H3,(H,23,24). The quantitative estimate of drug-likeness (QED) is 0.697. The number of esters is 1. The van der Waals surface area contributed by atoms with Crippen LogP contribution in [0.5, 0.6) is 5.75 Å². The molecule has 144 valence electrons. The van der Waals surface area contributed by atoms with Crippen molar-refractivity contribution in [3.63, 3.8) is 0 Å². The van der Waals surface area contributed by atoms with Crippen molar-refractivity contribution in [1.82, 2.24) is 5.32 Å². The summed E-state index contributed by atoms with van der Waals surface area (Å²) in [5, 5.41) is 3.13. The number of benzene rings is 2. The van der Waals surface area contributed by atoms with Crippen LogP contribution in [0.15, 0.2) is 48.5 Å². The molecule has 2 aromatic carbocycles. The highest BCUT2D eigenvalue weighted by atomic mass is 35.5. The molecule has 7 heteroatoms. The summed E-state index contributed by atoms with van der Waals surface area (Å²) in [4.78, 5) is 24.0. The number of hydrogen-bond donors (Lipinski definition) is 1. The van der Waals surface area contributed by atoms with E-state index in [0.717, 1.165) is 0 Å². The number of ether oxygens (including phenoxy) is 2. The molecule has 0 aromatic heterocycles. The molecule has 0 aliphatic heterocycles. The third-order valence-corrected chi connectivity index (χ3v) is 3.94. The summed E-state index contributed by atoms with van der Waals surface area (Å²) >= 11 is 5.81. The average Bonchev–Trinajstić information content (AvgIpc) is 2.63. The Morgan fingerprint density at radius 3 is 2.44 bits per heavy atom. The Labute approximate surface area is 162 Å². The van der Waals surface area contributed by atoms with Crippen molar-refractivity contribution >= 4 is 23.5 Å². The van der Waals surface area contributed by atoms with E-state index in [-0.39, 0.29) is 12.4 Å². The van der Waals surface area contributed by atoms with Gasteiger partial charge in [-0.25, -0.2) is 9.18 Å². The number of carbonyl (C=O) groups excluding carboxylic acids is 2. The van der Waals surface area contributed by atoms with Crippen LogP contribution in [0.4, 0.5) is 4.39 Å². The molecule has 27 heavy (non-hydrogen) atoms. The minimum Gasteiger partial charge on any atom is -0.476 e. The Hall–Kier alpha value is -2.60. The van der Waals surface area contributed by atoms with Crippen molar-refractivity contribution in [3.8, 4) is 5.75 Å². The summed E-state index contributed by atoms with van der Waals surface area (Å²) < 4.78 is 24.1. The van der Waals surface area contributed by atoms with Crippen LogP contribution in [0.1, 0.15) is 19.4 Å². The van der Waals surface area contributed by atoms with Crippen LogP contribution in [0, 0.1) is 5.82 Å². The second kappa shape index (κ2) is 9.37. The largest absolute Gasteiger partial charge is 0.476 e. The van der Waals surface area contributed by atoms with Crippen LogP contribution in [-0.2, 0) is 20.7 Å². The van der Waals surface area contributed by atoms with E-state index in [2.05, 4.69) is 5.32 Å². The number of carbonyl (C=O) groups is 2. The Bertz CT molecular complexity index is 793. The van der Waals surface area contributed by atoms with Gasteiger partial charge >= 0.3 is 5.97 Å². The predicted molar refractivity (Wildman–Crippen MR) is 100 cm³/mol. The van der Waals surface area contributed by atoms with Crippen LogP contribution in [0.25, 0.3) is 0 Å². The molecule has 0 fully saturated rings. The minimum absolute atomic E-state index is 0.238. The predicted octanol–water partition coefficient (Wildman–Crippen LogP) is 3.54. The Kier molecular flexibility index (Phi) is 7.19. The highest BCUT2D eigenvalue weighted by Gasteiger charge is 2.32. The highest BCUT2D eigenvalue weighted by Crippen LogP contribution is 2.21. The lowest BCUT2D eigenvalue weighted by molar-refractivity contribution is -0.162. The van der Waals surface area contributed by atoms with Gasteiger partial charge in [-0.3, -0.25) is 4.79 Å². The molecular formula is C20H21ClFNO4. The number of amides is 1. The summed E-state index contributed by atoms with van der Waals surface area (Å²) in [5.41, 5.74) is -0.770. The molecule has 0 unspecified atom stereocenters. The number of rotatable bonds is 8. The number of hydrogen-bond acceptors (Lipinski definition) is 4. The molecule has 2 aromatic rings. The van der Waals surface area contributed by atoms with E-state index in [1.54, 1.807) is 56.3 Å². The molecule has 0 saturated carbocycles. The summed E-state index contributed by atoms with van der Waals surface area (Å²) in [7, 11) is 0. The van der Waals surface area contributed by atoms with Crippen molar-refractivity contribution < 1.29 is 23.5 Å². The normalized spacial score (nSPS) is 11.0. The van der Waals surface area contributed by atoms with Crippen LogP contribution in [-0.4, -0.2) is 30.6 Å². The zero-order valence-corrected chi connectivity index (χ0v) is 15.9. The SMILES string of the molecule is CC(C)(Oc1ccc(Cl)cc1)C(=O)OCC(=O)NCCc1ccccc1F. The van der Waals surface area contributed by atoms with Crippen LogP contribution >= 0.6 is 11.6 Å². The van der Waals surface area contributed by atoms with Crippen LogP contribution in [0.2, 0.25) is 5.02 Å². The first-order valence-corrected chi connectivity index (χ1v) is 8.77. The molecule has 1 amide bonds. The molecular weight excluding hydrogens is 373 g/mol. The lowest BCUT2D eigenvalue weighted by atomic mass is 10.1. The third kappa shape index (κ3) is 6.57. The van der Waals surface area contributed by atoms with Gasteiger partial charge in [0.2, 0.25) is 0 Å². The Morgan fingerprint density at radius 1 is 1.11 bits per heavy atom. The van der Waals surface area contributed by atoms with Gasteiger partial charge in [0, 0.05) is 11.6 Å².